The van der Waals surface area contributed by atoms with Gasteiger partial charge in [0.15, 0.2) is 0 Å². The number of rotatable bonds is 2. The molecule has 2 unspecified atom stereocenters. The smallest absolute Gasteiger partial charge is 0.00461 e. The van der Waals surface area contributed by atoms with E-state index in [2.05, 4.69) is 13.8 Å². The summed E-state index contributed by atoms with van der Waals surface area (Å²) in [6.45, 7) is 5.50. The van der Waals surface area contributed by atoms with Crippen LogP contribution in [0.4, 0.5) is 0 Å². The van der Waals surface area contributed by atoms with Gasteiger partial charge in [-0.05, 0) is 37.1 Å². The molecule has 0 aromatic carbocycles. The van der Waals surface area contributed by atoms with E-state index in [1.807, 2.05) is 0 Å². The Labute approximate surface area is 57.6 Å². The van der Waals surface area contributed by atoms with E-state index in [0.29, 0.717) is 0 Å². The van der Waals surface area contributed by atoms with Gasteiger partial charge in [0, 0.05) is 0 Å². The highest BCUT2D eigenvalue weighted by atomic mass is 14.6. The summed E-state index contributed by atoms with van der Waals surface area (Å²) in [7, 11) is 0. The van der Waals surface area contributed by atoms with Gasteiger partial charge in [-0.1, -0.05) is 13.8 Å². The molecule has 1 heteroatoms. The van der Waals surface area contributed by atoms with Gasteiger partial charge in [0.25, 0.3) is 0 Å². The van der Waals surface area contributed by atoms with Gasteiger partial charge in [-0.3, -0.25) is 0 Å². The molecule has 9 heavy (non-hydrogen) atoms. The molecule has 0 heterocycles. The van der Waals surface area contributed by atoms with Gasteiger partial charge in [-0.15, -0.1) is 0 Å². The van der Waals surface area contributed by atoms with Crippen LogP contribution in [0.15, 0.2) is 0 Å². The molecule has 0 saturated heterocycles. The Hall–Kier alpha value is -0.0400. The van der Waals surface area contributed by atoms with Crippen molar-refractivity contribution in [2.45, 2.75) is 26.7 Å². The Morgan fingerprint density at radius 2 is 2.11 bits per heavy atom. The van der Waals surface area contributed by atoms with Crippen molar-refractivity contribution < 1.29 is 0 Å². The molecule has 0 aliphatic heterocycles. The summed E-state index contributed by atoms with van der Waals surface area (Å²) in [4.78, 5) is 0. The van der Waals surface area contributed by atoms with Gasteiger partial charge < -0.3 is 5.73 Å². The molecule has 1 aliphatic rings. The lowest BCUT2D eigenvalue weighted by atomic mass is 9.68. The first kappa shape index (κ1) is 7.07. The summed E-state index contributed by atoms with van der Waals surface area (Å²) in [5.41, 5.74) is 5.56. The maximum Gasteiger partial charge on any atom is -0.00461 e. The first-order valence-electron chi connectivity index (χ1n) is 3.95. The van der Waals surface area contributed by atoms with Crippen LogP contribution in [0.3, 0.4) is 0 Å². The minimum atomic E-state index is 0.852. The van der Waals surface area contributed by atoms with Gasteiger partial charge >= 0.3 is 0 Å². The first-order chi connectivity index (χ1) is 4.25. The van der Waals surface area contributed by atoms with Crippen LogP contribution in [0, 0.1) is 17.8 Å². The molecule has 0 radical (unpaired) electrons. The Bertz CT molecular complexity index is 86.6. The maximum atomic E-state index is 5.56. The molecule has 0 aromatic rings. The van der Waals surface area contributed by atoms with Crippen molar-refractivity contribution in [2.24, 2.45) is 23.5 Å². The molecule has 54 valence electrons. The van der Waals surface area contributed by atoms with E-state index in [1.54, 1.807) is 0 Å². The molecular formula is C8H17N. The van der Waals surface area contributed by atoms with E-state index in [-0.39, 0.29) is 0 Å². The summed E-state index contributed by atoms with van der Waals surface area (Å²) in [5.74, 6) is 2.65. The van der Waals surface area contributed by atoms with Crippen LogP contribution in [0.25, 0.3) is 0 Å². The van der Waals surface area contributed by atoms with Crippen molar-refractivity contribution >= 4 is 0 Å². The first-order valence-corrected chi connectivity index (χ1v) is 3.95. The van der Waals surface area contributed by atoms with Crippen LogP contribution in [-0.4, -0.2) is 6.54 Å². The third-order valence-electron chi connectivity index (χ3n) is 2.64. The quantitative estimate of drug-likeness (QED) is 0.599. The van der Waals surface area contributed by atoms with E-state index in [4.69, 9.17) is 5.73 Å². The van der Waals surface area contributed by atoms with Gasteiger partial charge in [-0.25, -0.2) is 0 Å². The molecule has 1 saturated carbocycles. The molecule has 1 rings (SSSR count). The maximum absolute atomic E-state index is 5.56. The predicted octanol–water partition coefficient (Wildman–Crippen LogP) is 1.63. The largest absolute Gasteiger partial charge is 0.330 e. The van der Waals surface area contributed by atoms with E-state index < -0.39 is 0 Å². The van der Waals surface area contributed by atoms with E-state index in [1.165, 1.54) is 12.8 Å². The molecule has 1 aliphatic carbocycles. The molecule has 2 atom stereocenters. The molecule has 0 bridgehead atoms. The highest BCUT2D eigenvalue weighted by Gasteiger charge is 2.31. The topological polar surface area (TPSA) is 26.0 Å². The summed E-state index contributed by atoms with van der Waals surface area (Å²) in [6.07, 6.45) is 2.79. The lowest BCUT2D eigenvalue weighted by molar-refractivity contribution is 0.129. The van der Waals surface area contributed by atoms with Crippen molar-refractivity contribution in [3.63, 3.8) is 0 Å². The van der Waals surface area contributed by atoms with Crippen LogP contribution in [0.2, 0.25) is 0 Å². The molecule has 0 aromatic heterocycles. The zero-order chi connectivity index (χ0) is 6.85. The number of hydrogen-bond donors (Lipinski definition) is 1. The van der Waals surface area contributed by atoms with Gasteiger partial charge in [0.05, 0.1) is 0 Å². The van der Waals surface area contributed by atoms with Crippen LogP contribution in [0.5, 0.6) is 0 Å². The van der Waals surface area contributed by atoms with Crippen LogP contribution >= 0.6 is 0 Å². The normalized spacial score (nSPS) is 34.7. The second kappa shape index (κ2) is 2.70. The molecule has 1 nitrogen and oxygen atoms in total. The van der Waals surface area contributed by atoms with E-state index >= 15 is 0 Å². The SMILES string of the molecule is CC(C)C1CCC1CN. The predicted molar refractivity (Wildman–Crippen MR) is 40.1 cm³/mol. The standard InChI is InChI=1S/C8H17N/c1-6(2)8-4-3-7(8)5-9/h6-8H,3-5,9H2,1-2H3. The molecule has 0 amide bonds. The van der Waals surface area contributed by atoms with Gasteiger partial charge in [0.2, 0.25) is 0 Å². The van der Waals surface area contributed by atoms with Gasteiger partial charge in [-0.2, -0.15) is 0 Å². The van der Waals surface area contributed by atoms with Crippen LogP contribution in [-0.2, 0) is 0 Å². The Morgan fingerprint density at radius 1 is 1.44 bits per heavy atom. The van der Waals surface area contributed by atoms with Crippen molar-refractivity contribution in [3.8, 4) is 0 Å². The third kappa shape index (κ3) is 1.26. The molecule has 0 spiro atoms. The van der Waals surface area contributed by atoms with Crippen molar-refractivity contribution in [2.75, 3.05) is 6.54 Å². The summed E-state index contributed by atoms with van der Waals surface area (Å²) in [6, 6.07) is 0. The van der Waals surface area contributed by atoms with Crippen LogP contribution in [0.1, 0.15) is 26.7 Å². The minimum absolute atomic E-state index is 0.852. The fourth-order valence-electron chi connectivity index (χ4n) is 1.77. The average Bonchev–Trinajstić information content (AvgIpc) is 1.61. The fraction of sp³-hybridized carbons (Fsp3) is 1.00. The molecule has 1 fully saturated rings. The third-order valence-corrected chi connectivity index (χ3v) is 2.64. The fourth-order valence-corrected chi connectivity index (χ4v) is 1.77. The van der Waals surface area contributed by atoms with Crippen LogP contribution < -0.4 is 5.73 Å². The summed E-state index contributed by atoms with van der Waals surface area (Å²) >= 11 is 0. The summed E-state index contributed by atoms with van der Waals surface area (Å²) in [5, 5.41) is 0. The lowest BCUT2D eigenvalue weighted by Crippen LogP contribution is -2.35. The van der Waals surface area contributed by atoms with E-state index in [9.17, 15) is 0 Å². The van der Waals surface area contributed by atoms with Crippen molar-refractivity contribution in [1.29, 1.82) is 0 Å². The second-order valence-corrected chi connectivity index (χ2v) is 3.48. The highest BCUT2D eigenvalue weighted by molar-refractivity contribution is 4.82. The Kier molecular flexibility index (Phi) is 2.12. The van der Waals surface area contributed by atoms with Crippen molar-refractivity contribution in [1.82, 2.24) is 0 Å². The summed E-state index contributed by atoms with van der Waals surface area (Å²) < 4.78 is 0. The Morgan fingerprint density at radius 3 is 2.22 bits per heavy atom. The van der Waals surface area contributed by atoms with Gasteiger partial charge in [0.1, 0.15) is 0 Å². The zero-order valence-corrected chi connectivity index (χ0v) is 6.43. The Balaban J connectivity index is 2.27. The molecular weight excluding hydrogens is 110 g/mol. The number of nitrogens with two attached hydrogens (primary N) is 1. The van der Waals surface area contributed by atoms with E-state index in [0.717, 1.165) is 24.3 Å². The minimum Gasteiger partial charge on any atom is -0.330 e. The van der Waals surface area contributed by atoms with Crippen molar-refractivity contribution in [3.05, 3.63) is 0 Å². The monoisotopic (exact) mass is 127 g/mol. The molecule has 2 N–H and O–H groups in total. The lowest BCUT2D eigenvalue weighted by Gasteiger charge is -2.38. The second-order valence-electron chi connectivity index (χ2n) is 3.48. The average molecular weight is 127 g/mol. The number of hydrogen-bond acceptors (Lipinski definition) is 1. The highest BCUT2D eigenvalue weighted by Crippen LogP contribution is 2.38. The zero-order valence-electron chi connectivity index (χ0n) is 6.43.